The second kappa shape index (κ2) is 4.87. The van der Waals surface area contributed by atoms with Crippen LogP contribution in [-0.4, -0.2) is 46.4 Å². The lowest BCUT2D eigenvalue weighted by atomic mass is 10.2. The molecular weight excluding hydrogens is 268 g/mol. The maximum atomic E-state index is 12.2. The summed E-state index contributed by atoms with van der Waals surface area (Å²) in [5.74, 6) is 0.614. The molecule has 1 amide bonds. The minimum atomic E-state index is -0.127. The molecule has 1 aliphatic heterocycles. The first-order valence-corrected chi connectivity index (χ1v) is 6.97. The zero-order valence-electron chi connectivity index (χ0n) is 12.4. The van der Waals surface area contributed by atoms with Gasteiger partial charge in [-0.05, 0) is 25.5 Å². The number of hydrogen-bond acceptors (Lipinski definition) is 4. The molecule has 0 radical (unpaired) electrons. The first kappa shape index (κ1) is 13.6. The minimum absolute atomic E-state index is 0.0422. The number of pyridine rings is 1. The highest BCUT2D eigenvalue weighted by Crippen LogP contribution is 2.17. The molecule has 0 N–H and O–H groups in total. The fraction of sp³-hybridized carbons (Fsp3) is 0.400. The molecule has 0 saturated carbocycles. The van der Waals surface area contributed by atoms with Gasteiger partial charge >= 0.3 is 0 Å². The van der Waals surface area contributed by atoms with E-state index in [2.05, 4.69) is 4.98 Å². The Morgan fingerprint density at radius 1 is 1.33 bits per heavy atom. The summed E-state index contributed by atoms with van der Waals surface area (Å²) >= 11 is 0. The molecule has 0 aliphatic carbocycles. The maximum Gasteiger partial charge on any atom is 0.259 e. The van der Waals surface area contributed by atoms with Gasteiger partial charge in [-0.3, -0.25) is 14.0 Å². The van der Waals surface area contributed by atoms with Gasteiger partial charge in [0.15, 0.2) is 0 Å². The Balaban J connectivity index is 2.07. The van der Waals surface area contributed by atoms with Crippen LogP contribution in [0.1, 0.15) is 12.5 Å². The molecule has 1 saturated heterocycles. The van der Waals surface area contributed by atoms with E-state index in [-0.39, 0.29) is 24.1 Å². The average Bonchev–Trinajstić information content (AvgIpc) is 2.45. The Kier molecular flexibility index (Phi) is 3.16. The van der Waals surface area contributed by atoms with Crippen LogP contribution < -0.4 is 10.5 Å². The second-order valence-corrected chi connectivity index (χ2v) is 5.57. The van der Waals surface area contributed by atoms with Crippen molar-refractivity contribution in [2.24, 2.45) is 0 Å². The molecule has 1 atom stereocenters. The number of hydrogen-bond donors (Lipinski definition) is 0. The molecule has 6 nitrogen and oxygen atoms in total. The van der Waals surface area contributed by atoms with Gasteiger partial charge in [0.25, 0.3) is 5.56 Å². The Labute approximate surface area is 122 Å². The van der Waals surface area contributed by atoms with E-state index in [1.165, 1.54) is 10.5 Å². The summed E-state index contributed by atoms with van der Waals surface area (Å²) in [7, 11) is 1.80. The second-order valence-electron chi connectivity index (χ2n) is 5.57. The smallest absolute Gasteiger partial charge is 0.259 e. The SMILES string of the molecule is Cc1cccn2c(=O)cc(N3CC(=O)N(C)C(C)C3)nc12. The Bertz CT molecular complexity index is 768. The quantitative estimate of drug-likeness (QED) is 0.773. The third-order valence-corrected chi connectivity index (χ3v) is 4.06. The van der Waals surface area contributed by atoms with Crippen molar-refractivity contribution < 1.29 is 4.79 Å². The molecule has 21 heavy (non-hydrogen) atoms. The number of aryl methyl sites for hydroxylation is 1. The number of fused-ring (bicyclic) bond motifs is 1. The van der Waals surface area contributed by atoms with Gasteiger partial charge in [0, 0.05) is 31.9 Å². The number of rotatable bonds is 1. The zero-order valence-corrected chi connectivity index (χ0v) is 12.4. The Morgan fingerprint density at radius 2 is 2.10 bits per heavy atom. The van der Waals surface area contributed by atoms with Gasteiger partial charge in [-0.1, -0.05) is 6.07 Å². The first-order valence-electron chi connectivity index (χ1n) is 6.97. The molecule has 1 unspecified atom stereocenters. The normalized spacial score (nSPS) is 19.4. The summed E-state index contributed by atoms with van der Waals surface area (Å²) in [6, 6.07) is 5.34. The van der Waals surface area contributed by atoms with Crippen molar-refractivity contribution >= 4 is 17.4 Å². The molecule has 6 heteroatoms. The first-order chi connectivity index (χ1) is 9.97. The van der Waals surface area contributed by atoms with E-state index >= 15 is 0 Å². The fourth-order valence-corrected chi connectivity index (χ4v) is 2.61. The number of carbonyl (C=O) groups is 1. The highest BCUT2D eigenvalue weighted by Gasteiger charge is 2.28. The lowest BCUT2D eigenvalue weighted by Gasteiger charge is -2.37. The number of piperazine rings is 1. The molecule has 1 fully saturated rings. The van der Waals surface area contributed by atoms with Crippen LogP contribution >= 0.6 is 0 Å². The van der Waals surface area contributed by atoms with Crippen molar-refractivity contribution in [1.29, 1.82) is 0 Å². The van der Waals surface area contributed by atoms with Crippen LogP contribution in [0.5, 0.6) is 0 Å². The van der Waals surface area contributed by atoms with Gasteiger partial charge in [-0.25, -0.2) is 4.98 Å². The van der Waals surface area contributed by atoms with E-state index in [4.69, 9.17) is 0 Å². The zero-order chi connectivity index (χ0) is 15.1. The van der Waals surface area contributed by atoms with Crippen LogP contribution in [0.25, 0.3) is 5.65 Å². The third-order valence-electron chi connectivity index (χ3n) is 4.06. The number of anilines is 1. The van der Waals surface area contributed by atoms with E-state index in [1.807, 2.05) is 30.9 Å². The summed E-state index contributed by atoms with van der Waals surface area (Å²) < 4.78 is 1.53. The van der Waals surface area contributed by atoms with Crippen molar-refractivity contribution in [2.45, 2.75) is 19.9 Å². The van der Waals surface area contributed by atoms with Crippen LogP contribution in [0.15, 0.2) is 29.2 Å². The number of nitrogens with zero attached hydrogens (tertiary/aromatic N) is 4. The highest BCUT2D eigenvalue weighted by molar-refractivity contribution is 5.82. The van der Waals surface area contributed by atoms with E-state index in [1.54, 1.807) is 18.1 Å². The fourth-order valence-electron chi connectivity index (χ4n) is 2.61. The van der Waals surface area contributed by atoms with Gasteiger partial charge in [0.2, 0.25) is 5.91 Å². The number of amides is 1. The molecule has 1 aliphatic rings. The number of aromatic nitrogens is 2. The van der Waals surface area contributed by atoms with Gasteiger partial charge in [0.05, 0.1) is 6.54 Å². The molecule has 0 spiro atoms. The van der Waals surface area contributed by atoms with E-state index in [9.17, 15) is 9.59 Å². The lowest BCUT2D eigenvalue weighted by Crippen LogP contribution is -2.54. The monoisotopic (exact) mass is 286 g/mol. The van der Waals surface area contributed by atoms with Gasteiger partial charge < -0.3 is 9.80 Å². The van der Waals surface area contributed by atoms with Crippen molar-refractivity contribution in [1.82, 2.24) is 14.3 Å². The summed E-state index contributed by atoms with van der Waals surface area (Å²) in [6.07, 6.45) is 1.71. The molecule has 0 bridgehead atoms. The van der Waals surface area contributed by atoms with Gasteiger partial charge in [-0.15, -0.1) is 0 Å². The van der Waals surface area contributed by atoms with Crippen LogP contribution in [0.4, 0.5) is 5.82 Å². The Hall–Kier alpha value is -2.37. The third kappa shape index (κ3) is 2.26. The predicted octanol–water partition coefficient (Wildman–Crippen LogP) is 0.670. The van der Waals surface area contributed by atoms with Crippen LogP contribution in [0.2, 0.25) is 0 Å². The predicted molar refractivity (Wildman–Crippen MR) is 80.6 cm³/mol. The molecule has 2 aromatic heterocycles. The van der Waals surface area contributed by atoms with Crippen molar-refractivity contribution in [3.05, 3.63) is 40.3 Å². The maximum absolute atomic E-state index is 12.2. The number of likely N-dealkylation sites (N-methyl/N-ethyl adjacent to an activating group) is 1. The topological polar surface area (TPSA) is 57.9 Å². The summed E-state index contributed by atoms with van der Waals surface area (Å²) in [6.45, 7) is 4.85. The van der Waals surface area contributed by atoms with Crippen molar-refractivity contribution in [2.75, 3.05) is 25.0 Å². The molecular formula is C15H18N4O2. The van der Waals surface area contributed by atoms with Crippen LogP contribution in [0.3, 0.4) is 0 Å². The summed E-state index contributed by atoms with van der Waals surface area (Å²) in [5, 5.41) is 0. The standard InChI is InChI=1S/C15H18N4O2/c1-10-5-4-6-19-13(20)7-12(16-15(10)19)18-8-11(2)17(3)14(21)9-18/h4-7,11H,8-9H2,1-3H3. The van der Waals surface area contributed by atoms with E-state index in [0.29, 0.717) is 18.0 Å². The minimum Gasteiger partial charge on any atom is -0.345 e. The molecule has 2 aromatic rings. The highest BCUT2D eigenvalue weighted by atomic mass is 16.2. The van der Waals surface area contributed by atoms with Crippen molar-refractivity contribution in [3.8, 4) is 0 Å². The lowest BCUT2D eigenvalue weighted by molar-refractivity contribution is -0.131. The molecule has 110 valence electrons. The largest absolute Gasteiger partial charge is 0.345 e. The molecule has 0 aromatic carbocycles. The summed E-state index contributed by atoms with van der Waals surface area (Å²) in [4.78, 5) is 32.4. The van der Waals surface area contributed by atoms with Crippen LogP contribution in [0, 0.1) is 6.92 Å². The molecule has 3 rings (SSSR count). The van der Waals surface area contributed by atoms with E-state index in [0.717, 1.165) is 5.56 Å². The molecule has 3 heterocycles. The van der Waals surface area contributed by atoms with Crippen molar-refractivity contribution in [3.63, 3.8) is 0 Å². The van der Waals surface area contributed by atoms with Crippen LogP contribution in [-0.2, 0) is 4.79 Å². The summed E-state index contributed by atoms with van der Waals surface area (Å²) in [5.41, 5.74) is 1.45. The Morgan fingerprint density at radius 3 is 2.81 bits per heavy atom. The van der Waals surface area contributed by atoms with Gasteiger partial charge in [0.1, 0.15) is 11.5 Å². The van der Waals surface area contributed by atoms with E-state index < -0.39 is 0 Å². The average molecular weight is 286 g/mol. The number of carbonyl (C=O) groups excluding carboxylic acids is 1. The van der Waals surface area contributed by atoms with Gasteiger partial charge in [-0.2, -0.15) is 0 Å².